The lowest BCUT2D eigenvalue weighted by atomic mass is 10.1. The number of aryl methyl sites for hydroxylation is 1. The predicted octanol–water partition coefficient (Wildman–Crippen LogP) is 3.88. The Morgan fingerprint density at radius 1 is 1.07 bits per heavy atom. The van der Waals surface area contributed by atoms with Crippen molar-refractivity contribution in [2.24, 2.45) is 0 Å². The van der Waals surface area contributed by atoms with E-state index in [1.165, 1.54) is 4.68 Å². The maximum Gasteiger partial charge on any atom is 0.416 e. The lowest BCUT2D eigenvalue weighted by molar-refractivity contribution is -0.137. The van der Waals surface area contributed by atoms with Crippen molar-refractivity contribution in [1.29, 1.82) is 0 Å². The third kappa shape index (κ3) is 3.70. The largest absolute Gasteiger partial charge is 0.416 e. The molecule has 4 rings (SSSR count). The maximum atomic E-state index is 12.8. The van der Waals surface area contributed by atoms with Crippen LogP contribution in [0.15, 0.2) is 48.5 Å². The van der Waals surface area contributed by atoms with E-state index in [9.17, 15) is 26.4 Å². The summed E-state index contributed by atoms with van der Waals surface area (Å²) in [4.78, 5) is 12.7. The zero-order valence-corrected chi connectivity index (χ0v) is 16.5. The Hall–Kier alpha value is -3.14. The van der Waals surface area contributed by atoms with Crippen LogP contribution in [0.1, 0.15) is 32.7 Å². The number of aromatic nitrogens is 2. The number of halogens is 3. The third-order valence-electron chi connectivity index (χ3n) is 4.84. The second-order valence-corrected chi connectivity index (χ2v) is 9.10. The Kier molecular flexibility index (Phi) is 4.69. The fraction of sp³-hybridized carbons (Fsp3) is 0.200. The van der Waals surface area contributed by atoms with Crippen molar-refractivity contribution < 1.29 is 26.4 Å². The molecule has 3 aromatic rings. The number of nitrogens with zero attached hydrogens (tertiary/aromatic N) is 2. The highest BCUT2D eigenvalue weighted by molar-refractivity contribution is 7.90. The first-order valence-corrected chi connectivity index (χ1v) is 10.7. The molecule has 0 unspecified atom stereocenters. The summed E-state index contributed by atoms with van der Waals surface area (Å²) in [6.45, 7) is 1.85. The van der Waals surface area contributed by atoms with Gasteiger partial charge in [0.15, 0.2) is 9.84 Å². The van der Waals surface area contributed by atoms with Gasteiger partial charge in [0, 0.05) is 11.1 Å². The molecule has 1 amide bonds. The van der Waals surface area contributed by atoms with Gasteiger partial charge in [-0.1, -0.05) is 18.2 Å². The Bertz CT molecular complexity index is 1250. The van der Waals surface area contributed by atoms with Gasteiger partial charge in [0.25, 0.3) is 5.91 Å². The highest BCUT2D eigenvalue weighted by atomic mass is 32.2. The molecule has 10 heteroatoms. The van der Waals surface area contributed by atoms with Gasteiger partial charge in [-0.05, 0) is 42.8 Å². The van der Waals surface area contributed by atoms with Crippen molar-refractivity contribution in [3.05, 3.63) is 76.5 Å². The van der Waals surface area contributed by atoms with E-state index in [1.807, 2.05) is 19.1 Å². The summed E-state index contributed by atoms with van der Waals surface area (Å²) in [6.07, 6.45) is -4.51. The Labute approximate surface area is 170 Å². The van der Waals surface area contributed by atoms with Crippen LogP contribution in [-0.4, -0.2) is 24.1 Å². The number of sulfone groups is 1. The molecule has 1 aliphatic rings. The number of carbonyl (C=O) groups is 1. The van der Waals surface area contributed by atoms with E-state index in [0.29, 0.717) is 16.9 Å². The highest BCUT2D eigenvalue weighted by Crippen LogP contribution is 2.34. The average Bonchev–Trinajstić information content (AvgIpc) is 3.14. The molecular weight excluding hydrogens is 419 g/mol. The Balaban J connectivity index is 1.73. The number of carbonyl (C=O) groups excluding carboxylic acids is 1. The van der Waals surface area contributed by atoms with E-state index in [1.54, 1.807) is 12.1 Å². The van der Waals surface area contributed by atoms with E-state index in [2.05, 4.69) is 10.4 Å². The molecule has 1 aliphatic heterocycles. The highest BCUT2D eigenvalue weighted by Gasteiger charge is 2.34. The summed E-state index contributed by atoms with van der Waals surface area (Å²) in [5.74, 6) is -0.961. The molecule has 0 saturated heterocycles. The van der Waals surface area contributed by atoms with Gasteiger partial charge in [-0.3, -0.25) is 4.79 Å². The zero-order chi connectivity index (χ0) is 21.7. The van der Waals surface area contributed by atoms with Gasteiger partial charge in [-0.2, -0.15) is 18.3 Å². The van der Waals surface area contributed by atoms with Crippen LogP contribution >= 0.6 is 0 Å². The summed E-state index contributed by atoms with van der Waals surface area (Å²) in [5.41, 5.74) is 1.39. The number of hydrogen-bond donors (Lipinski definition) is 1. The zero-order valence-electron chi connectivity index (χ0n) is 15.7. The topological polar surface area (TPSA) is 81.1 Å². The number of anilines is 1. The van der Waals surface area contributed by atoms with Gasteiger partial charge in [0.05, 0.1) is 28.5 Å². The van der Waals surface area contributed by atoms with Crippen molar-refractivity contribution in [2.75, 3.05) is 5.32 Å². The van der Waals surface area contributed by atoms with Crippen LogP contribution in [0.2, 0.25) is 0 Å². The van der Waals surface area contributed by atoms with Gasteiger partial charge in [-0.15, -0.1) is 0 Å². The Morgan fingerprint density at radius 3 is 2.37 bits per heavy atom. The molecule has 0 atom stereocenters. The number of para-hydroxylation sites is 1. The molecule has 6 nitrogen and oxygen atoms in total. The minimum atomic E-state index is -4.51. The fourth-order valence-corrected chi connectivity index (χ4v) is 4.83. The minimum absolute atomic E-state index is 0.00939. The summed E-state index contributed by atoms with van der Waals surface area (Å²) in [6, 6.07) is 11.0. The van der Waals surface area contributed by atoms with E-state index in [0.717, 1.165) is 29.8 Å². The van der Waals surface area contributed by atoms with Gasteiger partial charge in [0.2, 0.25) is 0 Å². The van der Waals surface area contributed by atoms with E-state index in [-0.39, 0.29) is 22.9 Å². The van der Waals surface area contributed by atoms with Crippen LogP contribution in [0.4, 0.5) is 19.0 Å². The van der Waals surface area contributed by atoms with Gasteiger partial charge in [-0.25, -0.2) is 13.1 Å². The first-order chi connectivity index (χ1) is 14.0. The molecule has 0 radical (unpaired) electrons. The molecule has 0 aliphatic carbocycles. The molecular formula is C20H16F3N3O3S. The van der Waals surface area contributed by atoms with Crippen LogP contribution in [0.5, 0.6) is 0 Å². The normalized spacial score (nSPS) is 15.1. The lowest BCUT2D eigenvalue weighted by Gasteiger charge is -2.13. The second-order valence-electron chi connectivity index (χ2n) is 7.03. The molecule has 1 aromatic heterocycles. The summed E-state index contributed by atoms with van der Waals surface area (Å²) in [7, 11) is -3.37. The van der Waals surface area contributed by atoms with Crippen LogP contribution < -0.4 is 5.32 Å². The molecule has 0 bridgehead atoms. The summed E-state index contributed by atoms with van der Waals surface area (Å²) < 4.78 is 63.8. The number of hydrogen-bond acceptors (Lipinski definition) is 4. The third-order valence-corrected chi connectivity index (χ3v) is 6.28. The van der Waals surface area contributed by atoms with Crippen LogP contribution in [0.25, 0.3) is 5.69 Å². The van der Waals surface area contributed by atoms with Gasteiger partial charge >= 0.3 is 6.18 Å². The average molecular weight is 435 g/mol. The number of nitrogens with one attached hydrogen (secondary N) is 1. The number of amides is 1. The van der Waals surface area contributed by atoms with Crippen molar-refractivity contribution in [3.63, 3.8) is 0 Å². The molecule has 0 fully saturated rings. The molecule has 30 heavy (non-hydrogen) atoms. The first kappa shape index (κ1) is 20.1. The maximum absolute atomic E-state index is 12.8. The van der Waals surface area contributed by atoms with Crippen LogP contribution in [-0.2, 0) is 27.5 Å². The molecule has 0 saturated carbocycles. The van der Waals surface area contributed by atoms with Crippen molar-refractivity contribution in [2.45, 2.75) is 24.6 Å². The van der Waals surface area contributed by atoms with Crippen LogP contribution in [0, 0.1) is 6.92 Å². The van der Waals surface area contributed by atoms with Gasteiger partial charge in [0.1, 0.15) is 5.82 Å². The Morgan fingerprint density at radius 2 is 1.73 bits per heavy atom. The quantitative estimate of drug-likeness (QED) is 0.677. The molecule has 2 heterocycles. The van der Waals surface area contributed by atoms with E-state index in [4.69, 9.17) is 0 Å². The fourth-order valence-electron chi connectivity index (χ4n) is 3.34. The van der Waals surface area contributed by atoms with E-state index < -0.39 is 27.5 Å². The number of benzene rings is 2. The number of rotatable bonds is 3. The second kappa shape index (κ2) is 6.98. The molecule has 0 spiro atoms. The molecule has 2 aromatic carbocycles. The van der Waals surface area contributed by atoms with Crippen molar-refractivity contribution in [3.8, 4) is 5.69 Å². The standard InChI is InChI=1S/C20H16F3N3O3S/c1-12-4-2-3-5-17(12)26-18(15-10-30(28,29)11-16(15)25-26)24-19(27)13-6-8-14(9-7-13)20(21,22)23/h2-9H,10-11H2,1H3,(H,24,27). The number of alkyl halides is 3. The molecule has 156 valence electrons. The monoisotopic (exact) mass is 435 g/mol. The smallest absolute Gasteiger partial charge is 0.306 e. The van der Waals surface area contributed by atoms with Crippen LogP contribution in [0.3, 0.4) is 0 Å². The predicted molar refractivity (Wildman–Crippen MR) is 104 cm³/mol. The van der Waals surface area contributed by atoms with Gasteiger partial charge < -0.3 is 5.32 Å². The van der Waals surface area contributed by atoms with Crippen molar-refractivity contribution in [1.82, 2.24) is 9.78 Å². The summed E-state index contributed by atoms with van der Waals surface area (Å²) >= 11 is 0. The number of fused-ring (bicyclic) bond motifs is 1. The lowest BCUT2D eigenvalue weighted by Crippen LogP contribution is -2.17. The first-order valence-electron chi connectivity index (χ1n) is 8.91. The van der Waals surface area contributed by atoms with Crippen molar-refractivity contribution >= 4 is 21.6 Å². The minimum Gasteiger partial charge on any atom is -0.306 e. The summed E-state index contributed by atoms with van der Waals surface area (Å²) in [5, 5.41) is 7.03. The molecule has 1 N–H and O–H groups in total. The SMILES string of the molecule is Cc1ccccc1-n1nc2c(c1NC(=O)c1ccc(C(F)(F)F)cc1)CS(=O)(=O)C2. The van der Waals surface area contributed by atoms with E-state index >= 15 is 0 Å².